The van der Waals surface area contributed by atoms with E-state index in [-0.39, 0.29) is 11.2 Å². The van der Waals surface area contributed by atoms with E-state index in [1.54, 1.807) is 0 Å². The van der Waals surface area contributed by atoms with E-state index < -0.39 is 12.2 Å². The first-order chi connectivity index (χ1) is 10.2. The average molecular weight is 307 g/mol. The van der Waals surface area contributed by atoms with Gasteiger partial charge in [-0.1, -0.05) is 41.9 Å². The van der Waals surface area contributed by atoms with E-state index in [1.807, 2.05) is 30.3 Å². The molecule has 0 aliphatic carbocycles. The van der Waals surface area contributed by atoms with Gasteiger partial charge in [0.2, 0.25) is 0 Å². The maximum absolute atomic E-state index is 11.9. The van der Waals surface area contributed by atoms with Gasteiger partial charge in [-0.15, -0.1) is 0 Å². The third-order valence-electron chi connectivity index (χ3n) is 2.93. The highest BCUT2D eigenvalue weighted by molar-refractivity contribution is 6.34. The lowest BCUT2D eigenvalue weighted by atomic mass is 10.2. The van der Waals surface area contributed by atoms with E-state index in [4.69, 9.17) is 25.5 Å². The van der Waals surface area contributed by atoms with Gasteiger partial charge in [0, 0.05) is 5.56 Å². The van der Waals surface area contributed by atoms with Crippen molar-refractivity contribution in [3.63, 3.8) is 0 Å². The topological polar surface area (TPSA) is 64.8 Å². The zero-order valence-corrected chi connectivity index (χ0v) is 11.8. The van der Waals surface area contributed by atoms with E-state index in [1.165, 1.54) is 24.5 Å². The summed E-state index contributed by atoms with van der Waals surface area (Å²) >= 11 is 6.34. The number of methoxy groups -OCH3 is 1. The lowest BCUT2D eigenvalue weighted by Gasteiger charge is -2.19. The van der Waals surface area contributed by atoms with Crippen LogP contribution in [0.3, 0.4) is 0 Å². The standard InChI is InChI=1S/C14H11ClN2O4/c1-19-13(18)12-17(14-16-7-8-20-14)11(15)10(21-12)9-5-3-2-4-6-9/h2-8,12H,1H3. The fraction of sp³-hybridized carbons (Fsp3) is 0.143. The first-order valence-electron chi connectivity index (χ1n) is 6.11. The Labute approximate surface area is 125 Å². The number of ether oxygens (including phenoxy) is 2. The highest BCUT2D eigenvalue weighted by Crippen LogP contribution is 2.38. The van der Waals surface area contributed by atoms with Crippen molar-refractivity contribution in [3.8, 4) is 0 Å². The number of oxazole rings is 1. The molecule has 21 heavy (non-hydrogen) atoms. The maximum Gasteiger partial charge on any atom is 0.369 e. The number of halogens is 1. The van der Waals surface area contributed by atoms with Crippen LogP contribution in [0.5, 0.6) is 0 Å². The molecule has 0 saturated heterocycles. The second kappa shape index (κ2) is 5.49. The Bertz CT molecular complexity index is 670. The van der Waals surface area contributed by atoms with E-state index in [0.717, 1.165) is 5.56 Å². The molecule has 2 heterocycles. The van der Waals surface area contributed by atoms with Crippen molar-refractivity contribution in [1.29, 1.82) is 0 Å². The lowest BCUT2D eigenvalue weighted by Crippen LogP contribution is -2.38. The minimum Gasteiger partial charge on any atom is -0.465 e. The molecule has 0 bridgehead atoms. The number of nitrogens with zero attached hydrogens (tertiary/aromatic N) is 2. The van der Waals surface area contributed by atoms with Gasteiger partial charge in [-0.05, 0) is 0 Å². The third-order valence-corrected chi connectivity index (χ3v) is 3.28. The first kappa shape index (κ1) is 13.5. The second-order valence-electron chi connectivity index (χ2n) is 4.16. The molecule has 108 valence electrons. The molecule has 0 fully saturated rings. The van der Waals surface area contributed by atoms with Gasteiger partial charge >= 0.3 is 12.0 Å². The third kappa shape index (κ3) is 2.34. The fourth-order valence-electron chi connectivity index (χ4n) is 1.98. The Morgan fingerprint density at radius 1 is 1.38 bits per heavy atom. The summed E-state index contributed by atoms with van der Waals surface area (Å²) in [5.41, 5.74) is 0.741. The molecular weight excluding hydrogens is 296 g/mol. The molecule has 1 aliphatic rings. The normalized spacial score (nSPS) is 17.8. The molecule has 1 aromatic carbocycles. The van der Waals surface area contributed by atoms with Crippen LogP contribution >= 0.6 is 11.6 Å². The Kier molecular flexibility index (Phi) is 3.53. The molecule has 1 unspecified atom stereocenters. The van der Waals surface area contributed by atoms with Crippen molar-refractivity contribution in [3.05, 3.63) is 53.5 Å². The van der Waals surface area contributed by atoms with Crippen LogP contribution < -0.4 is 4.90 Å². The number of rotatable bonds is 3. The number of esters is 1. The van der Waals surface area contributed by atoms with Crippen LogP contribution in [-0.4, -0.2) is 24.3 Å². The van der Waals surface area contributed by atoms with Gasteiger partial charge in [0.1, 0.15) is 6.26 Å². The minimum atomic E-state index is -1.07. The fourth-order valence-corrected chi connectivity index (χ4v) is 2.29. The van der Waals surface area contributed by atoms with Gasteiger partial charge in [0.05, 0.1) is 13.3 Å². The summed E-state index contributed by atoms with van der Waals surface area (Å²) in [6.07, 6.45) is 1.76. The monoisotopic (exact) mass is 306 g/mol. The van der Waals surface area contributed by atoms with Crippen LogP contribution in [0.2, 0.25) is 0 Å². The summed E-state index contributed by atoms with van der Waals surface area (Å²) in [7, 11) is 1.27. The molecule has 0 saturated carbocycles. The number of carbonyl (C=O) groups is 1. The van der Waals surface area contributed by atoms with Crippen molar-refractivity contribution in [2.75, 3.05) is 12.0 Å². The van der Waals surface area contributed by atoms with Gasteiger partial charge in [0.25, 0.3) is 6.23 Å². The summed E-state index contributed by atoms with van der Waals surface area (Å²) in [6.45, 7) is 0. The molecule has 1 aliphatic heterocycles. The van der Waals surface area contributed by atoms with Crippen LogP contribution in [0.15, 0.2) is 52.4 Å². The molecule has 2 aromatic rings. The Hall–Kier alpha value is -2.47. The van der Waals surface area contributed by atoms with Crippen LogP contribution in [0.25, 0.3) is 5.76 Å². The molecular formula is C14H11ClN2O4. The van der Waals surface area contributed by atoms with Crippen molar-refractivity contribution in [2.45, 2.75) is 6.23 Å². The summed E-state index contributed by atoms with van der Waals surface area (Å²) in [4.78, 5) is 17.2. The molecule has 0 spiro atoms. The summed E-state index contributed by atoms with van der Waals surface area (Å²) in [5.74, 6) is -0.233. The van der Waals surface area contributed by atoms with E-state index in [2.05, 4.69) is 4.98 Å². The largest absolute Gasteiger partial charge is 0.465 e. The van der Waals surface area contributed by atoms with Crippen molar-refractivity contribution in [1.82, 2.24) is 4.98 Å². The van der Waals surface area contributed by atoms with Gasteiger partial charge in [-0.25, -0.2) is 14.7 Å². The average Bonchev–Trinajstić information content (AvgIpc) is 3.14. The summed E-state index contributed by atoms with van der Waals surface area (Å²) < 4.78 is 15.6. The summed E-state index contributed by atoms with van der Waals surface area (Å²) in [6, 6.07) is 9.36. The number of benzene rings is 1. The quantitative estimate of drug-likeness (QED) is 0.641. The molecule has 1 aromatic heterocycles. The van der Waals surface area contributed by atoms with Crippen molar-refractivity contribution in [2.24, 2.45) is 0 Å². The SMILES string of the molecule is COC(=O)C1OC(c2ccccc2)=C(Cl)N1c1ncco1. The maximum atomic E-state index is 11.9. The van der Waals surface area contributed by atoms with Gasteiger partial charge < -0.3 is 13.9 Å². The van der Waals surface area contributed by atoms with E-state index >= 15 is 0 Å². The van der Waals surface area contributed by atoms with E-state index in [0.29, 0.717) is 5.76 Å². The van der Waals surface area contributed by atoms with Gasteiger partial charge in [-0.2, -0.15) is 0 Å². The number of anilines is 1. The smallest absolute Gasteiger partial charge is 0.369 e. The van der Waals surface area contributed by atoms with Crippen LogP contribution in [0.4, 0.5) is 6.01 Å². The van der Waals surface area contributed by atoms with Crippen molar-refractivity contribution >= 4 is 29.3 Å². The number of hydrogen-bond donors (Lipinski definition) is 0. The molecule has 7 heteroatoms. The molecule has 0 N–H and O–H groups in total. The van der Waals surface area contributed by atoms with Crippen molar-refractivity contribution < 1.29 is 18.7 Å². The van der Waals surface area contributed by atoms with Gasteiger partial charge in [0.15, 0.2) is 10.9 Å². The molecule has 1 atom stereocenters. The zero-order chi connectivity index (χ0) is 14.8. The second-order valence-corrected chi connectivity index (χ2v) is 4.52. The highest BCUT2D eigenvalue weighted by Gasteiger charge is 2.42. The molecule has 6 nitrogen and oxygen atoms in total. The van der Waals surface area contributed by atoms with E-state index in [9.17, 15) is 4.79 Å². The number of aromatic nitrogens is 1. The Morgan fingerprint density at radius 3 is 2.76 bits per heavy atom. The zero-order valence-electron chi connectivity index (χ0n) is 11.0. The summed E-state index contributed by atoms with van der Waals surface area (Å²) in [5, 5.41) is 0.207. The number of hydrogen-bond acceptors (Lipinski definition) is 6. The lowest BCUT2D eigenvalue weighted by molar-refractivity contribution is -0.149. The molecule has 0 amide bonds. The first-order valence-corrected chi connectivity index (χ1v) is 6.48. The predicted molar refractivity (Wildman–Crippen MR) is 75.1 cm³/mol. The van der Waals surface area contributed by atoms with Crippen LogP contribution in [0, 0.1) is 0 Å². The Balaban J connectivity index is 2.04. The molecule has 3 rings (SSSR count). The van der Waals surface area contributed by atoms with Crippen LogP contribution in [0.1, 0.15) is 5.56 Å². The Morgan fingerprint density at radius 2 is 2.14 bits per heavy atom. The predicted octanol–water partition coefficient (Wildman–Crippen LogP) is 2.58. The van der Waals surface area contributed by atoms with Crippen LogP contribution in [-0.2, 0) is 14.3 Å². The molecule has 0 radical (unpaired) electrons. The number of carbonyl (C=O) groups excluding carboxylic acids is 1. The van der Waals surface area contributed by atoms with Gasteiger partial charge in [-0.3, -0.25) is 0 Å². The minimum absolute atomic E-state index is 0.154. The highest BCUT2D eigenvalue weighted by atomic mass is 35.5.